The molecule has 8 heteroatoms. The van der Waals surface area contributed by atoms with Gasteiger partial charge in [0.2, 0.25) is 5.91 Å². The molecule has 4 rings (SSSR count). The summed E-state index contributed by atoms with van der Waals surface area (Å²) in [6.45, 7) is 9.48. The van der Waals surface area contributed by atoms with Crippen LogP contribution in [0.5, 0.6) is 0 Å². The number of urea groups is 1. The summed E-state index contributed by atoms with van der Waals surface area (Å²) >= 11 is 1.28. The molecule has 3 amide bonds. The van der Waals surface area contributed by atoms with E-state index in [4.69, 9.17) is 0 Å². The molecule has 0 unspecified atom stereocenters. The first kappa shape index (κ1) is 22.1. The molecule has 1 aromatic heterocycles. The van der Waals surface area contributed by atoms with Crippen molar-refractivity contribution in [1.29, 1.82) is 0 Å². The topological polar surface area (TPSA) is 80.1 Å². The summed E-state index contributed by atoms with van der Waals surface area (Å²) in [5.41, 5.74) is 4.33. The van der Waals surface area contributed by atoms with E-state index in [1.165, 1.54) is 22.2 Å². The van der Waals surface area contributed by atoms with Crippen LogP contribution in [-0.2, 0) is 10.2 Å². The number of amides is 3. The Morgan fingerprint density at radius 2 is 1.75 bits per heavy atom. The summed E-state index contributed by atoms with van der Waals surface area (Å²) in [6, 6.07) is 16.1. The van der Waals surface area contributed by atoms with Gasteiger partial charge in [-0.25, -0.2) is 4.79 Å². The second kappa shape index (κ2) is 8.78. The van der Waals surface area contributed by atoms with Crippen molar-refractivity contribution < 1.29 is 9.59 Å². The summed E-state index contributed by atoms with van der Waals surface area (Å²) in [4.78, 5) is 25.5. The molecule has 2 heterocycles. The standard InChI is InChI=1S/C24H27N5O2S/c1-16-5-11-19(12-6-16)29-21(17-7-9-18(10-8-17)24(2,3)4)26-27-23(29)32-15-20(30)28-14-13-25-22(28)31/h5-12H,13-15H2,1-4H3,(H,25,31). The minimum Gasteiger partial charge on any atom is -0.336 e. The molecule has 7 nitrogen and oxygen atoms in total. The van der Waals surface area contributed by atoms with Crippen molar-refractivity contribution in [1.82, 2.24) is 25.0 Å². The molecule has 1 fully saturated rings. The molecule has 32 heavy (non-hydrogen) atoms. The number of thioether (sulfide) groups is 1. The fourth-order valence-electron chi connectivity index (χ4n) is 3.51. The lowest BCUT2D eigenvalue weighted by Gasteiger charge is -2.19. The smallest absolute Gasteiger partial charge is 0.324 e. The van der Waals surface area contributed by atoms with Gasteiger partial charge in [-0.15, -0.1) is 10.2 Å². The van der Waals surface area contributed by atoms with Crippen molar-refractivity contribution in [3.63, 3.8) is 0 Å². The summed E-state index contributed by atoms with van der Waals surface area (Å²) in [5, 5.41) is 12.1. The molecule has 1 N–H and O–H groups in total. The van der Waals surface area contributed by atoms with Crippen molar-refractivity contribution in [3.05, 3.63) is 59.7 Å². The molecule has 0 spiro atoms. The largest absolute Gasteiger partial charge is 0.336 e. The monoisotopic (exact) mass is 449 g/mol. The SMILES string of the molecule is Cc1ccc(-n2c(SCC(=O)N3CCNC3=O)nnc2-c2ccc(C(C)(C)C)cc2)cc1. The molecule has 3 aromatic rings. The number of rotatable bonds is 5. The second-order valence-electron chi connectivity index (χ2n) is 8.87. The van der Waals surface area contributed by atoms with Gasteiger partial charge in [-0.2, -0.15) is 0 Å². The van der Waals surface area contributed by atoms with Crippen molar-refractivity contribution in [3.8, 4) is 17.1 Å². The van der Waals surface area contributed by atoms with Gasteiger partial charge in [0.1, 0.15) is 0 Å². The zero-order chi connectivity index (χ0) is 22.9. The van der Waals surface area contributed by atoms with Crippen LogP contribution >= 0.6 is 11.8 Å². The first-order valence-corrected chi connectivity index (χ1v) is 11.6. The van der Waals surface area contributed by atoms with Gasteiger partial charge in [-0.05, 0) is 30.0 Å². The Balaban J connectivity index is 1.66. The van der Waals surface area contributed by atoms with Gasteiger partial charge in [0.15, 0.2) is 11.0 Å². The maximum absolute atomic E-state index is 12.5. The third kappa shape index (κ3) is 4.55. The van der Waals surface area contributed by atoms with Crippen molar-refractivity contribution in [2.24, 2.45) is 0 Å². The molecule has 0 bridgehead atoms. The van der Waals surface area contributed by atoms with E-state index in [2.05, 4.69) is 60.6 Å². The number of hydrogen-bond acceptors (Lipinski definition) is 5. The van der Waals surface area contributed by atoms with Gasteiger partial charge in [0.25, 0.3) is 0 Å². The summed E-state index contributed by atoms with van der Waals surface area (Å²) in [5.74, 6) is 0.586. The van der Waals surface area contributed by atoms with Gasteiger partial charge in [0, 0.05) is 24.3 Å². The van der Waals surface area contributed by atoms with E-state index in [1.54, 1.807) is 0 Å². The van der Waals surface area contributed by atoms with E-state index < -0.39 is 0 Å². The van der Waals surface area contributed by atoms with Gasteiger partial charge in [-0.1, -0.05) is 74.5 Å². The predicted molar refractivity (Wildman–Crippen MR) is 126 cm³/mol. The molecular formula is C24H27N5O2S. The van der Waals surface area contributed by atoms with Gasteiger partial charge in [-0.3, -0.25) is 14.3 Å². The Hall–Kier alpha value is -3.13. The number of nitrogens with one attached hydrogen (secondary N) is 1. The molecule has 0 radical (unpaired) electrons. The highest BCUT2D eigenvalue weighted by Gasteiger charge is 2.27. The van der Waals surface area contributed by atoms with Crippen LogP contribution in [0.1, 0.15) is 31.9 Å². The van der Waals surface area contributed by atoms with Crippen LogP contribution < -0.4 is 5.32 Å². The number of nitrogens with zero attached hydrogens (tertiary/aromatic N) is 4. The average Bonchev–Trinajstić information content (AvgIpc) is 3.38. The zero-order valence-electron chi connectivity index (χ0n) is 18.8. The maximum Gasteiger partial charge on any atom is 0.324 e. The molecule has 1 aliphatic heterocycles. The van der Waals surface area contributed by atoms with Crippen LogP contribution in [0.2, 0.25) is 0 Å². The fraction of sp³-hybridized carbons (Fsp3) is 0.333. The van der Waals surface area contributed by atoms with E-state index in [0.717, 1.165) is 16.8 Å². The number of imide groups is 1. The van der Waals surface area contributed by atoms with E-state index in [0.29, 0.717) is 24.1 Å². The fourth-order valence-corrected chi connectivity index (χ4v) is 4.34. The molecule has 0 saturated carbocycles. The van der Waals surface area contributed by atoms with Gasteiger partial charge < -0.3 is 5.32 Å². The number of carbonyl (C=O) groups excluding carboxylic acids is 2. The molecule has 1 saturated heterocycles. The van der Waals surface area contributed by atoms with Crippen molar-refractivity contribution in [2.75, 3.05) is 18.8 Å². The van der Waals surface area contributed by atoms with Crippen LogP contribution in [0.4, 0.5) is 4.79 Å². The summed E-state index contributed by atoms with van der Waals surface area (Å²) in [6.07, 6.45) is 0. The Morgan fingerprint density at radius 1 is 1.06 bits per heavy atom. The number of aryl methyl sites for hydroxylation is 1. The van der Waals surface area contributed by atoms with Crippen LogP contribution in [0, 0.1) is 6.92 Å². The molecule has 1 aliphatic rings. The number of aromatic nitrogens is 3. The van der Waals surface area contributed by atoms with Gasteiger partial charge >= 0.3 is 6.03 Å². The third-order valence-electron chi connectivity index (χ3n) is 5.42. The lowest BCUT2D eigenvalue weighted by Crippen LogP contribution is -2.35. The van der Waals surface area contributed by atoms with Crippen LogP contribution in [-0.4, -0.2) is 50.4 Å². The number of hydrogen-bond donors (Lipinski definition) is 1. The molecular weight excluding hydrogens is 422 g/mol. The summed E-state index contributed by atoms with van der Waals surface area (Å²) in [7, 11) is 0. The first-order chi connectivity index (χ1) is 15.2. The van der Waals surface area contributed by atoms with E-state index in [9.17, 15) is 9.59 Å². The molecule has 2 aromatic carbocycles. The molecule has 0 atom stereocenters. The van der Waals surface area contributed by atoms with E-state index in [-0.39, 0.29) is 23.1 Å². The quantitative estimate of drug-likeness (QED) is 0.591. The van der Waals surface area contributed by atoms with Crippen LogP contribution in [0.15, 0.2) is 53.7 Å². The highest BCUT2D eigenvalue weighted by molar-refractivity contribution is 7.99. The predicted octanol–water partition coefficient (Wildman–Crippen LogP) is 4.18. The first-order valence-electron chi connectivity index (χ1n) is 10.6. The third-order valence-corrected chi connectivity index (χ3v) is 6.33. The lowest BCUT2D eigenvalue weighted by atomic mass is 9.87. The van der Waals surface area contributed by atoms with Crippen LogP contribution in [0.3, 0.4) is 0 Å². The molecule has 166 valence electrons. The van der Waals surface area contributed by atoms with Crippen LogP contribution in [0.25, 0.3) is 17.1 Å². The minimum atomic E-state index is -0.338. The lowest BCUT2D eigenvalue weighted by molar-refractivity contribution is -0.124. The van der Waals surface area contributed by atoms with E-state index in [1.807, 2.05) is 35.8 Å². The van der Waals surface area contributed by atoms with Gasteiger partial charge in [0.05, 0.1) is 5.75 Å². The Kier molecular flexibility index (Phi) is 6.06. The Morgan fingerprint density at radius 3 is 2.34 bits per heavy atom. The zero-order valence-corrected chi connectivity index (χ0v) is 19.6. The minimum absolute atomic E-state index is 0.0619. The van der Waals surface area contributed by atoms with Crippen molar-refractivity contribution in [2.45, 2.75) is 38.3 Å². The second-order valence-corrected chi connectivity index (χ2v) is 9.81. The number of benzene rings is 2. The Labute approximate surface area is 192 Å². The highest BCUT2D eigenvalue weighted by Crippen LogP contribution is 2.30. The van der Waals surface area contributed by atoms with Crippen molar-refractivity contribution >= 4 is 23.7 Å². The molecule has 0 aliphatic carbocycles. The van der Waals surface area contributed by atoms with E-state index >= 15 is 0 Å². The number of carbonyl (C=O) groups is 2. The average molecular weight is 450 g/mol. The maximum atomic E-state index is 12.5. The summed E-state index contributed by atoms with van der Waals surface area (Å²) < 4.78 is 1.97. The normalized spacial score (nSPS) is 14.0. The highest BCUT2D eigenvalue weighted by atomic mass is 32.2. The Bertz CT molecular complexity index is 1130.